The number of nitrogen functional groups attached to an aromatic ring is 1. The zero-order valence-electron chi connectivity index (χ0n) is 7.86. The molecule has 1 aliphatic heterocycles. The summed E-state index contributed by atoms with van der Waals surface area (Å²) < 4.78 is 5.27. The summed E-state index contributed by atoms with van der Waals surface area (Å²) in [5.41, 5.74) is 3.53. The van der Waals surface area contributed by atoms with Crippen LogP contribution in [0.4, 0.5) is 11.5 Å². The third kappa shape index (κ3) is 2.12. The summed E-state index contributed by atoms with van der Waals surface area (Å²) in [6.45, 7) is 1.61. The Morgan fingerprint density at radius 3 is 3.21 bits per heavy atom. The maximum absolute atomic E-state index is 5.27. The van der Waals surface area contributed by atoms with Crippen LogP contribution >= 0.6 is 0 Å². The predicted octanol–water partition coefficient (Wildman–Crippen LogP) is 0.568. The van der Waals surface area contributed by atoms with Crippen LogP contribution in [0.5, 0.6) is 0 Å². The molecule has 0 amide bonds. The van der Waals surface area contributed by atoms with Crippen LogP contribution in [0.2, 0.25) is 0 Å². The third-order valence-corrected chi connectivity index (χ3v) is 2.21. The summed E-state index contributed by atoms with van der Waals surface area (Å²) in [7, 11) is 0. The number of aromatic nitrogens is 1. The summed E-state index contributed by atoms with van der Waals surface area (Å²) >= 11 is 0. The number of nitrogens with two attached hydrogens (primary N) is 1. The highest BCUT2D eigenvalue weighted by Gasteiger charge is 2.14. The molecule has 1 unspecified atom stereocenters. The standard InChI is InChI=1S/C9H14N4O/c10-13-9-5-7(1-3-11-9)12-8-2-4-14-6-8/h1,3,5,8H,2,4,6,10H2,(H2,11,12,13). The van der Waals surface area contributed by atoms with Gasteiger partial charge in [0.05, 0.1) is 12.6 Å². The van der Waals surface area contributed by atoms with Crippen molar-refractivity contribution in [2.24, 2.45) is 5.84 Å². The Bertz CT molecular complexity index is 299. The van der Waals surface area contributed by atoms with Gasteiger partial charge in [-0.15, -0.1) is 0 Å². The molecule has 5 nitrogen and oxygen atoms in total. The minimum atomic E-state index is 0.406. The van der Waals surface area contributed by atoms with Crippen LogP contribution in [0.15, 0.2) is 18.3 Å². The summed E-state index contributed by atoms with van der Waals surface area (Å²) in [6, 6.07) is 4.19. The third-order valence-electron chi connectivity index (χ3n) is 2.21. The van der Waals surface area contributed by atoms with Gasteiger partial charge in [-0.2, -0.15) is 0 Å². The molecular weight excluding hydrogens is 180 g/mol. The van der Waals surface area contributed by atoms with Gasteiger partial charge in [0.1, 0.15) is 5.82 Å². The molecule has 1 aromatic heterocycles. The average molecular weight is 194 g/mol. The van der Waals surface area contributed by atoms with E-state index in [2.05, 4.69) is 15.7 Å². The van der Waals surface area contributed by atoms with Crippen molar-refractivity contribution in [1.29, 1.82) is 0 Å². The topological polar surface area (TPSA) is 72.2 Å². The molecule has 0 aromatic carbocycles. The van der Waals surface area contributed by atoms with Crippen LogP contribution in [0.3, 0.4) is 0 Å². The van der Waals surface area contributed by atoms with E-state index in [0.717, 1.165) is 25.3 Å². The Hall–Kier alpha value is -1.33. The van der Waals surface area contributed by atoms with Gasteiger partial charge in [0, 0.05) is 24.6 Å². The van der Waals surface area contributed by atoms with E-state index in [1.807, 2.05) is 12.1 Å². The van der Waals surface area contributed by atoms with Crippen molar-refractivity contribution in [2.75, 3.05) is 24.0 Å². The van der Waals surface area contributed by atoms with Crippen LogP contribution in [0.25, 0.3) is 0 Å². The molecule has 1 aliphatic rings. The summed E-state index contributed by atoms with van der Waals surface area (Å²) in [5, 5.41) is 3.36. The zero-order valence-corrected chi connectivity index (χ0v) is 7.86. The molecule has 0 radical (unpaired) electrons. The van der Waals surface area contributed by atoms with Gasteiger partial charge in [0.25, 0.3) is 0 Å². The van der Waals surface area contributed by atoms with Gasteiger partial charge in [0.15, 0.2) is 0 Å². The molecule has 0 aliphatic carbocycles. The van der Waals surface area contributed by atoms with Crippen molar-refractivity contribution in [2.45, 2.75) is 12.5 Å². The lowest BCUT2D eigenvalue weighted by Crippen LogP contribution is -2.19. The molecule has 0 saturated carbocycles. The van der Waals surface area contributed by atoms with Crippen LogP contribution in [-0.4, -0.2) is 24.2 Å². The van der Waals surface area contributed by atoms with E-state index in [4.69, 9.17) is 10.6 Å². The number of hydrazine groups is 1. The Balaban J connectivity index is 2.00. The van der Waals surface area contributed by atoms with Gasteiger partial charge in [-0.3, -0.25) is 0 Å². The molecular formula is C9H14N4O. The van der Waals surface area contributed by atoms with Gasteiger partial charge < -0.3 is 15.5 Å². The average Bonchev–Trinajstić information content (AvgIpc) is 2.71. The molecule has 0 bridgehead atoms. The van der Waals surface area contributed by atoms with Crippen molar-refractivity contribution in [1.82, 2.24) is 4.98 Å². The SMILES string of the molecule is NNc1cc(NC2CCOC2)ccn1. The molecule has 0 spiro atoms. The van der Waals surface area contributed by atoms with Gasteiger partial charge in [0.2, 0.25) is 0 Å². The van der Waals surface area contributed by atoms with Gasteiger partial charge in [-0.25, -0.2) is 10.8 Å². The minimum absolute atomic E-state index is 0.406. The fourth-order valence-corrected chi connectivity index (χ4v) is 1.48. The number of rotatable bonds is 3. The highest BCUT2D eigenvalue weighted by Crippen LogP contribution is 2.15. The minimum Gasteiger partial charge on any atom is -0.380 e. The monoisotopic (exact) mass is 194 g/mol. The number of hydrogen-bond acceptors (Lipinski definition) is 5. The Labute approximate surface area is 82.6 Å². The fourth-order valence-electron chi connectivity index (χ4n) is 1.48. The molecule has 2 rings (SSSR count). The van der Waals surface area contributed by atoms with Crippen LogP contribution < -0.4 is 16.6 Å². The Morgan fingerprint density at radius 1 is 1.57 bits per heavy atom. The van der Waals surface area contributed by atoms with Crippen molar-refractivity contribution in [3.8, 4) is 0 Å². The quantitative estimate of drug-likeness (QED) is 0.484. The molecule has 1 saturated heterocycles. The molecule has 76 valence electrons. The van der Waals surface area contributed by atoms with Crippen molar-refractivity contribution in [3.63, 3.8) is 0 Å². The van der Waals surface area contributed by atoms with Crippen molar-refractivity contribution in [3.05, 3.63) is 18.3 Å². The number of nitrogens with one attached hydrogen (secondary N) is 2. The van der Waals surface area contributed by atoms with E-state index >= 15 is 0 Å². The molecule has 1 atom stereocenters. The van der Waals surface area contributed by atoms with Crippen LogP contribution in [-0.2, 0) is 4.74 Å². The van der Waals surface area contributed by atoms with Gasteiger partial charge >= 0.3 is 0 Å². The lowest BCUT2D eigenvalue weighted by Gasteiger charge is -2.12. The predicted molar refractivity (Wildman–Crippen MR) is 54.9 cm³/mol. The van der Waals surface area contributed by atoms with E-state index in [1.165, 1.54) is 0 Å². The second-order valence-electron chi connectivity index (χ2n) is 3.28. The van der Waals surface area contributed by atoms with Gasteiger partial charge in [-0.05, 0) is 12.5 Å². The van der Waals surface area contributed by atoms with Gasteiger partial charge in [-0.1, -0.05) is 0 Å². The maximum atomic E-state index is 5.27. The molecule has 14 heavy (non-hydrogen) atoms. The molecule has 1 aromatic rings. The lowest BCUT2D eigenvalue weighted by atomic mass is 10.2. The number of pyridine rings is 1. The highest BCUT2D eigenvalue weighted by molar-refractivity contribution is 5.51. The number of anilines is 2. The Morgan fingerprint density at radius 2 is 2.50 bits per heavy atom. The fraction of sp³-hybridized carbons (Fsp3) is 0.444. The molecule has 4 N–H and O–H groups in total. The van der Waals surface area contributed by atoms with Crippen molar-refractivity contribution >= 4 is 11.5 Å². The largest absolute Gasteiger partial charge is 0.380 e. The van der Waals surface area contributed by atoms with E-state index < -0.39 is 0 Å². The van der Waals surface area contributed by atoms with Crippen LogP contribution in [0.1, 0.15) is 6.42 Å². The summed E-state index contributed by atoms with van der Waals surface area (Å²) in [4.78, 5) is 4.03. The maximum Gasteiger partial charge on any atom is 0.141 e. The number of ether oxygens (including phenoxy) is 1. The first-order valence-corrected chi connectivity index (χ1v) is 4.65. The molecule has 5 heteroatoms. The second-order valence-corrected chi connectivity index (χ2v) is 3.28. The first kappa shape index (κ1) is 9.23. The van der Waals surface area contributed by atoms with E-state index in [-0.39, 0.29) is 0 Å². The first-order chi connectivity index (χ1) is 6.88. The second kappa shape index (κ2) is 4.26. The first-order valence-electron chi connectivity index (χ1n) is 4.65. The smallest absolute Gasteiger partial charge is 0.141 e. The molecule has 1 fully saturated rings. The number of hydrogen-bond donors (Lipinski definition) is 3. The van der Waals surface area contributed by atoms with E-state index in [0.29, 0.717) is 11.9 Å². The summed E-state index contributed by atoms with van der Waals surface area (Å²) in [6.07, 6.45) is 2.76. The van der Waals surface area contributed by atoms with E-state index in [9.17, 15) is 0 Å². The Kier molecular flexibility index (Phi) is 2.81. The van der Waals surface area contributed by atoms with Crippen molar-refractivity contribution < 1.29 is 4.74 Å². The zero-order chi connectivity index (χ0) is 9.80. The lowest BCUT2D eigenvalue weighted by molar-refractivity contribution is 0.195. The van der Waals surface area contributed by atoms with Crippen LogP contribution in [0, 0.1) is 0 Å². The van der Waals surface area contributed by atoms with E-state index in [1.54, 1.807) is 6.20 Å². The normalized spacial score (nSPS) is 20.8. The number of nitrogens with zero attached hydrogens (tertiary/aromatic N) is 1. The highest BCUT2D eigenvalue weighted by atomic mass is 16.5. The molecule has 2 heterocycles. The summed E-state index contributed by atoms with van der Waals surface area (Å²) in [5.74, 6) is 5.92.